The summed E-state index contributed by atoms with van der Waals surface area (Å²) in [7, 11) is 0. The predicted molar refractivity (Wildman–Crippen MR) is 82.8 cm³/mol. The molecule has 1 aliphatic heterocycles. The molecule has 116 valence electrons. The van der Waals surface area contributed by atoms with E-state index in [2.05, 4.69) is 17.4 Å². The van der Waals surface area contributed by atoms with Crippen molar-refractivity contribution >= 4 is 0 Å². The van der Waals surface area contributed by atoms with Gasteiger partial charge >= 0.3 is 0 Å². The smallest absolute Gasteiger partial charge is 0.177 e. The summed E-state index contributed by atoms with van der Waals surface area (Å²) < 4.78 is 24.9. The maximum atomic E-state index is 13.0. The molecule has 2 aromatic carbocycles. The molecule has 1 N–H and O–H groups in total. The van der Waals surface area contributed by atoms with Gasteiger partial charge in [-0.1, -0.05) is 42.5 Å². The number of morpholine rings is 1. The van der Waals surface area contributed by atoms with E-state index < -0.39 is 0 Å². The third kappa shape index (κ3) is 3.53. The summed E-state index contributed by atoms with van der Waals surface area (Å²) in [6.07, 6.45) is -0.534. The van der Waals surface area contributed by atoms with E-state index in [-0.39, 0.29) is 24.3 Å². The predicted octanol–water partition coefficient (Wildman–Crippen LogP) is 3.59. The third-order valence-corrected chi connectivity index (χ3v) is 3.86. The number of nitrogens with one attached hydrogen (secondary N) is 1. The first-order valence-corrected chi connectivity index (χ1v) is 7.55. The Kier molecular flexibility index (Phi) is 4.83. The zero-order chi connectivity index (χ0) is 15.4. The standard InChI is InChI=1S/C18H20FNO2/c1-13(14-7-9-16(19)10-8-14)22-18-17(20-11-12-21-18)15-5-3-2-4-6-15/h2-10,13,17-18,20H,11-12H2,1H3/t13-,17?,18?/m1/s1. The molecule has 4 heteroatoms. The molecule has 3 nitrogen and oxygen atoms in total. The lowest BCUT2D eigenvalue weighted by Crippen LogP contribution is -2.43. The van der Waals surface area contributed by atoms with Crippen LogP contribution in [0, 0.1) is 5.82 Å². The molecule has 1 aliphatic rings. The highest BCUT2D eigenvalue weighted by atomic mass is 19.1. The van der Waals surface area contributed by atoms with Gasteiger partial charge in [0.15, 0.2) is 6.29 Å². The number of halogens is 1. The molecule has 0 aromatic heterocycles. The van der Waals surface area contributed by atoms with Gasteiger partial charge in [0.2, 0.25) is 0 Å². The number of benzene rings is 2. The van der Waals surface area contributed by atoms with Crippen molar-refractivity contribution < 1.29 is 13.9 Å². The van der Waals surface area contributed by atoms with Crippen molar-refractivity contribution in [2.24, 2.45) is 0 Å². The number of rotatable bonds is 4. The fraction of sp³-hybridized carbons (Fsp3) is 0.333. The fourth-order valence-electron chi connectivity index (χ4n) is 2.65. The molecule has 0 aliphatic carbocycles. The molecule has 1 heterocycles. The maximum Gasteiger partial charge on any atom is 0.177 e. The summed E-state index contributed by atoms with van der Waals surface area (Å²) in [5.74, 6) is -0.242. The van der Waals surface area contributed by atoms with Gasteiger partial charge in [-0.15, -0.1) is 0 Å². The molecule has 3 atom stereocenters. The molecule has 1 fully saturated rings. The van der Waals surface area contributed by atoms with Crippen LogP contribution in [-0.2, 0) is 9.47 Å². The van der Waals surface area contributed by atoms with Gasteiger partial charge in [-0.05, 0) is 30.2 Å². The Bertz CT molecular complexity index is 588. The van der Waals surface area contributed by atoms with Crippen molar-refractivity contribution in [1.82, 2.24) is 5.32 Å². The second-order valence-corrected chi connectivity index (χ2v) is 5.41. The van der Waals surface area contributed by atoms with Crippen LogP contribution in [-0.4, -0.2) is 19.4 Å². The van der Waals surface area contributed by atoms with E-state index in [0.29, 0.717) is 6.61 Å². The average molecular weight is 301 g/mol. The van der Waals surface area contributed by atoms with Gasteiger partial charge in [-0.3, -0.25) is 0 Å². The molecule has 22 heavy (non-hydrogen) atoms. The SMILES string of the molecule is C[C@@H](OC1OCCNC1c1ccccc1)c1ccc(F)cc1. The van der Waals surface area contributed by atoms with Gasteiger partial charge < -0.3 is 14.8 Å². The lowest BCUT2D eigenvalue weighted by molar-refractivity contribution is -0.200. The Morgan fingerprint density at radius 2 is 1.86 bits per heavy atom. The van der Waals surface area contributed by atoms with Crippen molar-refractivity contribution in [2.45, 2.75) is 25.4 Å². The Labute approximate surface area is 130 Å². The van der Waals surface area contributed by atoms with Gasteiger partial charge in [-0.25, -0.2) is 4.39 Å². The first-order valence-electron chi connectivity index (χ1n) is 7.55. The second-order valence-electron chi connectivity index (χ2n) is 5.41. The van der Waals surface area contributed by atoms with Crippen molar-refractivity contribution in [2.75, 3.05) is 13.2 Å². The number of hydrogen-bond donors (Lipinski definition) is 1. The first-order chi connectivity index (χ1) is 10.7. The largest absolute Gasteiger partial charge is 0.349 e. The molecule has 2 aromatic rings. The highest BCUT2D eigenvalue weighted by Gasteiger charge is 2.29. The topological polar surface area (TPSA) is 30.5 Å². The number of ether oxygens (including phenoxy) is 2. The Morgan fingerprint density at radius 1 is 1.14 bits per heavy atom. The van der Waals surface area contributed by atoms with Gasteiger partial charge in [-0.2, -0.15) is 0 Å². The maximum absolute atomic E-state index is 13.0. The quantitative estimate of drug-likeness (QED) is 0.936. The van der Waals surface area contributed by atoms with Crippen molar-refractivity contribution in [3.63, 3.8) is 0 Å². The third-order valence-electron chi connectivity index (χ3n) is 3.86. The summed E-state index contributed by atoms with van der Waals surface area (Å²) in [6, 6.07) is 16.5. The van der Waals surface area contributed by atoms with Gasteiger partial charge in [0.1, 0.15) is 5.82 Å². The van der Waals surface area contributed by atoms with Crippen LogP contribution < -0.4 is 5.32 Å². The Balaban J connectivity index is 1.72. The van der Waals surface area contributed by atoms with E-state index in [1.807, 2.05) is 25.1 Å². The summed E-state index contributed by atoms with van der Waals surface area (Å²) in [5.41, 5.74) is 2.07. The molecule has 0 amide bonds. The monoisotopic (exact) mass is 301 g/mol. The lowest BCUT2D eigenvalue weighted by atomic mass is 10.1. The minimum atomic E-state index is -0.365. The van der Waals surface area contributed by atoms with E-state index in [1.165, 1.54) is 12.1 Å². The molecule has 0 saturated carbocycles. The van der Waals surface area contributed by atoms with E-state index in [4.69, 9.17) is 9.47 Å². The molecular formula is C18H20FNO2. The summed E-state index contributed by atoms with van der Waals surface area (Å²) in [4.78, 5) is 0. The normalized spacial score (nSPS) is 23.2. The van der Waals surface area contributed by atoms with Gasteiger partial charge in [0.05, 0.1) is 18.8 Å². The van der Waals surface area contributed by atoms with Crippen LogP contribution in [0.15, 0.2) is 54.6 Å². The minimum Gasteiger partial charge on any atom is -0.349 e. The summed E-state index contributed by atoms with van der Waals surface area (Å²) >= 11 is 0. The molecule has 0 spiro atoms. The van der Waals surface area contributed by atoms with Crippen LogP contribution in [0.5, 0.6) is 0 Å². The van der Waals surface area contributed by atoms with Crippen LogP contribution in [0.25, 0.3) is 0 Å². The van der Waals surface area contributed by atoms with Crippen molar-refractivity contribution in [3.05, 3.63) is 71.5 Å². The van der Waals surface area contributed by atoms with E-state index >= 15 is 0 Å². The van der Waals surface area contributed by atoms with E-state index in [1.54, 1.807) is 12.1 Å². The highest BCUT2D eigenvalue weighted by Crippen LogP contribution is 2.28. The Morgan fingerprint density at radius 3 is 2.59 bits per heavy atom. The fourth-order valence-corrected chi connectivity index (χ4v) is 2.65. The zero-order valence-electron chi connectivity index (χ0n) is 12.5. The molecular weight excluding hydrogens is 281 g/mol. The van der Waals surface area contributed by atoms with E-state index in [9.17, 15) is 4.39 Å². The molecule has 3 rings (SSSR count). The van der Waals surface area contributed by atoms with Gasteiger partial charge in [0, 0.05) is 6.54 Å². The van der Waals surface area contributed by atoms with Crippen molar-refractivity contribution in [3.8, 4) is 0 Å². The second kappa shape index (κ2) is 7.01. The first kappa shape index (κ1) is 15.2. The Hall–Kier alpha value is -1.75. The van der Waals surface area contributed by atoms with Gasteiger partial charge in [0.25, 0.3) is 0 Å². The highest BCUT2D eigenvalue weighted by molar-refractivity contribution is 5.21. The van der Waals surface area contributed by atoms with Crippen LogP contribution in [0.1, 0.15) is 30.2 Å². The average Bonchev–Trinajstić information content (AvgIpc) is 2.57. The molecule has 0 bridgehead atoms. The molecule has 0 radical (unpaired) electrons. The zero-order valence-corrected chi connectivity index (χ0v) is 12.5. The van der Waals surface area contributed by atoms with Crippen LogP contribution >= 0.6 is 0 Å². The van der Waals surface area contributed by atoms with Crippen LogP contribution in [0.3, 0.4) is 0 Å². The van der Waals surface area contributed by atoms with Crippen LogP contribution in [0.2, 0.25) is 0 Å². The molecule has 1 saturated heterocycles. The lowest BCUT2D eigenvalue weighted by Gasteiger charge is -2.34. The minimum absolute atomic E-state index is 0.00199. The summed E-state index contributed by atoms with van der Waals surface area (Å²) in [5, 5.41) is 3.44. The van der Waals surface area contributed by atoms with E-state index in [0.717, 1.165) is 17.7 Å². The number of hydrogen-bond acceptors (Lipinski definition) is 3. The van der Waals surface area contributed by atoms with Crippen LogP contribution in [0.4, 0.5) is 4.39 Å². The molecule has 2 unspecified atom stereocenters. The van der Waals surface area contributed by atoms with Crippen molar-refractivity contribution in [1.29, 1.82) is 0 Å². The summed E-state index contributed by atoms with van der Waals surface area (Å²) in [6.45, 7) is 3.36.